The lowest BCUT2D eigenvalue weighted by atomic mass is 10.1. The van der Waals surface area contributed by atoms with Crippen molar-refractivity contribution < 1.29 is 4.74 Å². The van der Waals surface area contributed by atoms with E-state index >= 15 is 0 Å². The number of rotatable bonds is 6. The number of hydrogen-bond acceptors (Lipinski definition) is 4. The highest BCUT2D eigenvalue weighted by molar-refractivity contribution is 7.11. The lowest BCUT2D eigenvalue weighted by Gasteiger charge is -2.15. The second-order valence-corrected chi connectivity index (χ2v) is 6.23. The van der Waals surface area contributed by atoms with Crippen molar-refractivity contribution in [3.05, 3.63) is 15.6 Å². The van der Waals surface area contributed by atoms with Crippen molar-refractivity contribution in [1.82, 2.24) is 10.3 Å². The predicted octanol–water partition coefficient (Wildman–Crippen LogP) is 3.05. The van der Waals surface area contributed by atoms with E-state index in [2.05, 4.69) is 31.1 Å². The highest BCUT2D eigenvalue weighted by Gasteiger charge is 2.23. The van der Waals surface area contributed by atoms with Crippen molar-refractivity contribution in [2.24, 2.45) is 5.92 Å². The molecule has 1 fully saturated rings. The molecule has 0 spiro atoms. The van der Waals surface area contributed by atoms with Crippen molar-refractivity contribution >= 4 is 11.3 Å². The summed E-state index contributed by atoms with van der Waals surface area (Å²) in [4.78, 5) is 6.01. The van der Waals surface area contributed by atoms with E-state index in [0.29, 0.717) is 5.92 Å². The van der Waals surface area contributed by atoms with Gasteiger partial charge < -0.3 is 10.1 Å². The van der Waals surface area contributed by atoms with Crippen LogP contribution in [0, 0.1) is 12.8 Å². The summed E-state index contributed by atoms with van der Waals surface area (Å²) in [6.45, 7) is 7.40. The van der Waals surface area contributed by atoms with Gasteiger partial charge in [-0.1, -0.05) is 13.8 Å². The zero-order chi connectivity index (χ0) is 12.4. The fraction of sp³-hybridized carbons (Fsp3) is 0.769. The molecule has 0 amide bonds. The summed E-state index contributed by atoms with van der Waals surface area (Å²) < 4.78 is 5.53. The van der Waals surface area contributed by atoms with Crippen LogP contribution >= 0.6 is 11.3 Å². The zero-order valence-corrected chi connectivity index (χ0v) is 11.9. The Hall–Kier alpha value is -0.450. The van der Waals surface area contributed by atoms with Gasteiger partial charge in [0.15, 0.2) is 0 Å². The molecular formula is C13H22N2OS. The van der Waals surface area contributed by atoms with Crippen LogP contribution in [0.2, 0.25) is 0 Å². The number of nitrogens with one attached hydrogen (secondary N) is 1. The third-order valence-electron chi connectivity index (χ3n) is 3.14. The minimum atomic E-state index is 0.133. The molecule has 0 radical (unpaired) electrons. The first-order valence-electron chi connectivity index (χ1n) is 6.34. The molecule has 1 aliphatic rings. The molecule has 3 nitrogen and oxygen atoms in total. The lowest BCUT2D eigenvalue weighted by molar-refractivity contribution is 0.0643. The van der Waals surface area contributed by atoms with Crippen LogP contribution in [0.1, 0.15) is 48.4 Å². The van der Waals surface area contributed by atoms with E-state index in [1.807, 2.05) is 0 Å². The normalized spacial score (nSPS) is 17.7. The Bertz CT molecular complexity index is 371. The van der Waals surface area contributed by atoms with Gasteiger partial charge in [-0.05, 0) is 25.7 Å². The Morgan fingerprint density at radius 1 is 1.47 bits per heavy atom. The number of aromatic nitrogens is 1. The monoisotopic (exact) mass is 254 g/mol. The van der Waals surface area contributed by atoms with Crippen LogP contribution in [0.15, 0.2) is 0 Å². The standard InChI is InChI=1S/C13H22N2OS/c1-8(2)12(16-4)13-15-9(3)11(17-13)7-14-10-5-6-10/h8,10,12,14H,5-7H2,1-4H3. The summed E-state index contributed by atoms with van der Waals surface area (Å²) in [6, 6.07) is 0.753. The van der Waals surface area contributed by atoms with E-state index in [1.165, 1.54) is 17.7 Å². The second-order valence-electron chi connectivity index (χ2n) is 5.12. The average Bonchev–Trinajstić information content (AvgIpc) is 3.02. The molecule has 0 aromatic carbocycles. The van der Waals surface area contributed by atoms with Gasteiger partial charge in [0.05, 0.1) is 5.69 Å². The van der Waals surface area contributed by atoms with E-state index in [4.69, 9.17) is 4.74 Å². The lowest BCUT2D eigenvalue weighted by Crippen LogP contribution is -2.14. The van der Waals surface area contributed by atoms with Gasteiger partial charge >= 0.3 is 0 Å². The topological polar surface area (TPSA) is 34.1 Å². The van der Waals surface area contributed by atoms with E-state index in [-0.39, 0.29) is 6.10 Å². The van der Waals surface area contributed by atoms with E-state index in [0.717, 1.165) is 23.3 Å². The van der Waals surface area contributed by atoms with E-state index in [1.54, 1.807) is 18.4 Å². The summed E-state index contributed by atoms with van der Waals surface area (Å²) >= 11 is 1.79. The Morgan fingerprint density at radius 3 is 2.71 bits per heavy atom. The van der Waals surface area contributed by atoms with Gasteiger partial charge in [0.2, 0.25) is 0 Å². The smallest absolute Gasteiger partial charge is 0.122 e. The van der Waals surface area contributed by atoms with Crippen LogP contribution < -0.4 is 5.32 Å². The minimum absolute atomic E-state index is 0.133. The van der Waals surface area contributed by atoms with Gasteiger partial charge in [0, 0.05) is 24.6 Å². The van der Waals surface area contributed by atoms with Crippen LogP contribution in [0.3, 0.4) is 0 Å². The molecule has 1 atom stereocenters. The SMILES string of the molecule is COC(c1nc(C)c(CNC2CC2)s1)C(C)C. The summed E-state index contributed by atoms with van der Waals surface area (Å²) in [6.07, 6.45) is 2.79. The van der Waals surface area contributed by atoms with Crippen LogP contribution in [-0.2, 0) is 11.3 Å². The highest BCUT2D eigenvalue weighted by atomic mass is 32.1. The van der Waals surface area contributed by atoms with Gasteiger partial charge in [-0.3, -0.25) is 0 Å². The summed E-state index contributed by atoms with van der Waals surface area (Å²) in [5.74, 6) is 0.467. The summed E-state index contributed by atoms with van der Waals surface area (Å²) in [5, 5.41) is 4.66. The number of thiazole rings is 1. The van der Waals surface area contributed by atoms with Crippen LogP contribution in [0.4, 0.5) is 0 Å². The fourth-order valence-electron chi connectivity index (χ4n) is 1.92. The molecule has 1 aromatic rings. The predicted molar refractivity (Wildman–Crippen MR) is 71.3 cm³/mol. The third kappa shape index (κ3) is 3.27. The molecular weight excluding hydrogens is 232 g/mol. The molecule has 1 aliphatic carbocycles. The minimum Gasteiger partial charge on any atom is -0.374 e. The summed E-state index contributed by atoms with van der Waals surface area (Å²) in [7, 11) is 1.77. The first-order chi connectivity index (χ1) is 8.11. The first kappa shape index (κ1) is 13.0. The van der Waals surface area contributed by atoms with Crippen LogP contribution in [0.5, 0.6) is 0 Å². The molecule has 2 rings (SSSR count). The molecule has 1 heterocycles. The number of ether oxygens (including phenoxy) is 1. The van der Waals surface area contributed by atoms with E-state index < -0.39 is 0 Å². The van der Waals surface area contributed by atoms with Crippen molar-refractivity contribution in [2.45, 2.75) is 52.3 Å². The van der Waals surface area contributed by atoms with Crippen LogP contribution in [0.25, 0.3) is 0 Å². The zero-order valence-electron chi connectivity index (χ0n) is 11.1. The van der Waals surface area contributed by atoms with Gasteiger partial charge in [-0.15, -0.1) is 11.3 Å². The highest BCUT2D eigenvalue weighted by Crippen LogP contribution is 2.31. The van der Waals surface area contributed by atoms with Crippen molar-refractivity contribution in [3.8, 4) is 0 Å². The Morgan fingerprint density at radius 2 is 2.18 bits per heavy atom. The fourth-order valence-corrected chi connectivity index (χ4v) is 3.19. The number of aryl methyl sites for hydroxylation is 1. The quantitative estimate of drug-likeness (QED) is 0.847. The second kappa shape index (κ2) is 5.46. The number of methoxy groups -OCH3 is 1. The Labute approximate surface area is 108 Å². The van der Waals surface area contributed by atoms with Gasteiger partial charge in [-0.2, -0.15) is 0 Å². The third-order valence-corrected chi connectivity index (χ3v) is 4.36. The van der Waals surface area contributed by atoms with E-state index in [9.17, 15) is 0 Å². The van der Waals surface area contributed by atoms with Crippen molar-refractivity contribution in [3.63, 3.8) is 0 Å². The van der Waals surface area contributed by atoms with Gasteiger partial charge in [-0.25, -0.2) is 4.98 Å². The van der Waals surface area contributed by atoms with Gasteiger partial charge in [0.25, 0.3) is 0 Å². The molecule has 17 heavy (non-hydrogen) atoms. The number of nitrogens with zero attached hydrogens (tertiary/aromatic N) is 1. The molecule has 96 valence electrons. The first-order valence-corrected chi connectivity index (χ1v) is 7.15. The maximum atomic E-state index is 5.53. The molecule has 0 aliphatic heterocycles. The maximum Gasteiger partial charge on any atom is 0.122 e. The van der Waals surface area contributed by atoms with Gasteiger partial charge in [0.1, 0.15) is 11.1 Å². The number of hydrogen-bond donors (Lipinski definition) is 1. The average molecular weight is 254 g/mol. The Balaban J connectivity index is 2.04. The van der Waals surface area contributed by atoms with Crippen molar-refractivity contribution in [2.75, 3.05) is 7.11 Å². The largest absolute Gasteiger partial charge is 0.374 e. The molecule has 1 saturated carbocycles. The molecule has 1 aromatic heterocycles. The molecule has 1 unspecified atom stereocenters. The van der Waals surface area contributed by atoms with Crippen LogP contribution in [-0.4, -0.2) is 18.1 Å². The molecule has 0 bridgehead atoms. The summed E-state index contributed by atoms with van der Waals surface area (Å²) in [5.41, 5.74) is 1.15. The maximum absolute atomic E-state index is 5.53. The molecule has 0 saturated heterocycles. The molecule has 4 heteroatoms. The Kier molecular flexibility index (Phi) is 4.17. The van der Waals surface area contributed by atoms with Crippen molar-refractivity contribution in [1.29, 1.82) is 0 Å². The molecule has 1 N–H and O–H groups in total.